The fourth-order valence-electron chi connectivity index (χ4n) is 5.42. The number of benzene rings is 1. The van der Waals surface area contributed by atoms with E-state index in [1.54, 1.807) is 13.1 Å². The van der Waals surface area contributed by atoms with Crippen molar-refractivity contribution in [2.75, 3.05) is 39.3 Å². The lowest BCUT2D eigenvalue weighted by molar-refractivity contribution is -0.126. The Labute approximate surface area is 201 Å². The SMILES string of the molecule is C[C@@H]1C[C@H](C)CN(CCCNC(=O)C2CCN(S(=O)(=O)c3ccc4c(c3)oc(=O)n4C)CC2)C1. The molecule has 2 atom stereocenters. The third-order valence-electron chi connectivity index (χ3n) is 7.12. The average molecular weight is 493 g/mol. The Kier molecular flexibility index (Phi) is 7.49. The van der Waals surface area contributed by atoms with Gasteiger partial charge < -0.3 is 14.6 Å². The van der Waals surface area contributed by atoms with Gasteiger partial charge in [-0.25, -0.2) is 13.2 Å². The molecular formula is C24H36N4O5S. The van der Waals surface area contributed by atoms with Gasteiger partial charge in [0, 0.05) is 51.8 Å². The smallest absolute Gasteiger partial charge is 0.408 e. The molecule has 9 nitrogen and oxygen atoms in total. The van der Waals surface area contributed by atoms with E-state index in [1.165, 1.54) is 27.4 Å². The summed E-state index contributed by atoms with van der Waals surface area (Å²) in [4.78, 5) is 26.9. The highest BCUT2D eigenvalue weighted by Gasteiger charge is 2.32. The number of hydrogen-bond acceptors (Lipinski definition) is 6. The van der Waals surface area contributed by atoms with Gasteiger partial charge in [0.2, 0.25) is 15.9 Å². The molecule has 2 aromatic rings. The molecule has 2 aliphatic rings. The molecule has 0 spiro atoms. The molecule has 0 unspecified atom stereocenters. The van der Waals surface area contributed by atoms with E-state index in [0.29, 0.717) is 38.0 Å². The van der Waals surface area contributed by atoms with Gasteiger partial charge in [0.1, 0.15) is 0 Å². The normalized spacial score (nSPS) is 23.4. The number of nitrogens with one attached hydrogen (secondary N) is 1. The maximum atomic E-state index is 13.1. The van der Waals surface area contributed by atoms with E-state index in [4.69, 9.17) is 4.42 Å². The zero-order valence-electron chi connectivity index (χ0n) is 20.3. The molecule has 1 aromatic heterocycles. The van der Waals surface area contributed by atoms with Crippen molar-refractivity contribution in [2.45, 2.75) is 44.4 Å². The summed E-state index contributed by atoms with van der Waals surface area (Å²) in [6, 6.07) is 4.47. The lowest BCUT2D eigenvalue weighted by Gasteiger charge is -2.35. The van der Waals surface area contributed by atoms with Gasteiger partial charge in [0.25, 0.3) is 0 Å². The van der Waals surface area contributed by atoms with E-state index in [0.717, 1.165) is 37.9 Å². The second kappa shape index (κ2) is 10.2. The highest BCUT2D eigenvalue weighted by Crippen LogP contribution is 2.26. The van der Waals surface area contributed by atoms with Crippen LogP contribution in [-0.4, -0.2) is 67.4 Å². The van der Waals surface area contributed by atoms with Crippen LogP contribution < -0.4 is 11.1 Å². The first-order valence-electron chi connectivity index (χ1n) is 12.2. The summed E-state index contributed by atoms with van der Waals surface area (Å²) in [7, 11) is -2.15. The molecule has 1 amide bonds. The second-order valence-corrected chi connectivity index (χ2v) is 12.0. The Hall–Kier alpha value is -2.17. The molecule has 34 heavy (non-hydrogen) atoms. The van der Waals surface area contributed by atoms with Crippen molar-refractivity contribution in [1.29, 1.82) is 0 Å². The van der Waals surface area contributed by atoms with Crippen LogP contribution >= 0.6 is 0 Å². The van der Waals surface area contributed by atoms with Crippen molar-refractivity contribution in [3.05, 3.63) is 28.7 Å². The third-order valence-corrected chi connectivity index (χ3v) is 9.02. The Balaban J connectivity index is 1.25. The highest BCUT2D eigenvalue weighted by molar-refractivity contribution is 7.89. The lowest BCUT2D eigenvalue weighted by atomic mass is 9.92. The number of amides is 1. The van der Waals surface area contributed by atoms with Crippen LogP contribution in [0.25, 0.3) is 11.1 Å². The number of carbonyl (C=O) groups is 1. The number of carbonyl (C=O) groups excluding carboxylic acids is 1. The van der Waals surface area contributed by atoms with Crippen LogP contribution in [0.15, 0.2) is 32.3 Å². The van der Waals surface area contributed by atoms with Gasteiger partial charge in [-0.3, -0.25) is 9.36 Å². The van der Waals surface area contributed by atoms with Crippen LogP contribution in [-0.2, 0) is 21.9 Å². The van der Waals surface area contributed by atoms with E-state index in [-0.39, 0.29) is 22.3 Å². The molecule has 10 heteroatoms. The zero-order valence-corrected chi connectivity index (χ0v) is 21.1. The Bertz CT molecular complexity index is 1170. The number of likely N-dealkylation sites (tertiary alicyclic amines) is 1. The number of oxazole rings is 1. The number of rotatable bonds is 7. The minimum absolute atomic E-state index is 0.0184. The summed E-state index contributed by atoms with van der Waals surface area (Å²) >= 11 is 0. The van der Waals surface area contributed by atoms with Gasteiger partial charge in [0.15, 0.2) is 5.58 Å². The van der Waals surface area contributed by atoms with Crippen LogP contribution in [0.2, 0.25) is 0 Å². The molecule has 0 aliphatic carbocycles. The predicted molar refractivity (Wildman–Crippen MR) is 130 cm³/mol. The molecule has 188 valence electrons. The first-order chi connectivity index (χ1) is 16.1. The average Bonchev–Trinajstić information content (AvgIpc) is 3.09. The zero-order chi connectivity index (χ0) is 24.5. The van der Waals surface area contributed by atoms with E-state index in [2.05, 4.69) is 24.1 Å². The number of nitrogens with zero attached hydrogens (tertiary/aromatic N) is 3. The third kappa shape index (κ3) is 5.39. The van der Waals surface area contributed by atoms with Crippen molar-refractivity contribution < 1.29 is 17.6 Å². The van der Waals surface area contributed by atoms with Crippen LogP contribution in [0.5, 0.6) is 0 Å². The summed E-state index contributed by atoms with van der Waals surface area (Å²) in [6.45, 7) is 9.10. The fraction of sp³-hybridized carbons (Fsp3) is 0.667. The van der Waals surface area contributed by atoms with Crippen LogP contribution in [0.1, 0.15) is 39.5 Å². The highest BCUT2D eigenvalue weighted by atomic mass is 32.2. The number of hydrogen-bond donors (Lipinski definition) is 1. The summed E-state index contributed by atoms with van der Waals surface area (Å²) in [5.41, 5.74) is 0.792. The van der Waals surface area contributed by atoms with Crippen molar-refractivity contribution in [3.8, 4) is 0 Å². The molecule has 0 radical (unpaired) electrons. The summed E-state index contributed by atoms with van der Waals surface area (Å²) < 4.78 is 34.1. The summed E-state index contributed by atoms with van der Waals surface area (Å²) in [5.74, 6) is 0.776. The largest absolute Gasteiger partial charge is 0.419 e. The monoisotopic (exact) mass is 492 g/mol. The topological polar surface area (TPSA) is 105 Å². The van der Waals surface area contributed by atoms with Gasteiger partial charge >= 0.3 is 5.76 Å². The number of aryl methyl sites for hydroxylation is 1. The Morgan fingerprint density at radius 1 is 1.15 bits per heavy atom. The minimum atomic E-state index is -3.72. The molecule has 1 N–H and O–H groups in total. The second-order valence-electron chi connectivity index (χ2n) is 10.1. The fourth-order valence-corrected chi connectivity index (χ4v) is 6.90. The van der Waals surface area contributed by atoms with Gasteiger partial charge in [-0.05, 0) is 56.2 Å². The van der Waals surface area contributed by atoms with E-state index in [1.807, 2.05) is 0 Å². The number of aromatic nitrogens is 1. The molecule has 3 heterocycles. The quantitative estimate of drug-likeness (QED) is 0.593. The van der Waals surface area contributed by atoms with Crippen molar-refractivity contribution >= 4 is 27.0 Å². The van der Waals surface area contributed by atoms with Gasteiger partial charge in [-0.1, -0.05) is 13.8 Å². The number of fused-ring (bicyclic) bond motifs is 1. The molecule has 0 bridgehead atoms. The van der Waals surface area contributed by atoms with Gasteiger partial charge in [0.05, 0.1) is 10.4 Å². The minimum Gasteiger partial charge on any atom is -0.408 e. The van der Waals surface area contributed by atoms with Crippen molar-refractivity contribution in [1.82, 2.24) is 19.1 Å². The van der Waals surface area contributed by atoms with Crippen LogP contribution in [0.3, 0.4) is 0 Å². The molecule has 2 saturated heterocycles. The predicted octanol–water partition coefficient (Wildman–Crippen LogP) is 2.02. The van der Waals surface area contributed by atoms with Crippen LogP contribution in [0.4, 0.5) is 0 Å². The number of sulfonamides is 1. The molecular weight excluding hydrogens is 456 g/mol. The van der Waals surface area contributed by atoms with Crippen molar-refractivity contribution in [3.63, 3.8) is 0 Å². The van der Waals surface area contributed by atoms with E-state index in [9.17, 15) is 18.0 Å². The number of piperidine rings is 2. The van der Waals surface area contributed by atoms with Crippen LogP contribution in [0, 0.1) is 17.8 Å². The Morgan fingerprint density at radius 3 is 2.50 bits per heavy atom. The first-order valence-corrected chi connectivity index (χ1v) is 13.7. The first kappa shape index (κ1) is 24.9. The van der Waals surface area contributed by atoms with Gasteiger partial charge in [-0.15, -0.1) is 0 Å². The maximum absolute atomic E-state index is 13.1. The molecule has 2 aliphatic heterocycles. The van der Waals surface area contributed by atoms with Crippen molar-refractivity contribution in [2.24, 2.45) is 24.8 Å². The molecule has 0 saturated carbocycles. The molecule has 1 aromatic carbocycles. The maximum Gasteiger partial charge on any atom is 0.419 e. The summed E-state index contributed by atoms with van der Waals surface area (Å²) in [5, 5.41) is 3.05. The lowest BCUT2D eigenvalue weighted by Crippen LogP contribution is -2.43. The summed E-state index contributed by atoms with van der Waals surface area (Å²) in [6.07, 6.45) is 3.21. The van der Waals surface area contributed by atoms with E-state index >= 15 is 0 Å². The molecule has 2 fully saturated rings. The molecule has 4 rings (SSSR count). The van der Waals surface area contributed by atoms with Gasteiger partial charge in [-0.2, -0.15) is 4.31 Å². The Morgan fingerprint density at radius 2 is 1.82 bits per heavy atom. The van der Waals surface area contributed by atoms with E-state index < -0.39 is 15.8 Å². The standard InChI is InChI=1S/C24H36N4O5S/c1-17-13-18(2)16-27(15-17)10-4-9-25-23(29)19-7-11-28(12-8-19)34(31,32)20-5-6-21-22(14-20)33-24(30)26(21)3/h5-6,14,17-19H,4,7-13,15-16H2,1-3H3,(H,25,29)/t17-,18+.